The number of ether oxygens (including phenoxy) is 1. The molecule has 0 spiro atoms. The number of aromatic amines is 1. The highest BCUT2D eigenvalue weighted by Crippen LogP contribution is 2.43. The third-order valence-corrected chi connectivity index (χ3v) is 6.17. The van der Waals surface area contributed by atoms with Crippen molar-refractivity contribution in [3.8, 4) is 0 Å². The lowest BCUT2D eigenvalue weighted by atomic mass is 9.85. The fourth-order valence-corrected chi connectivity index (χ4v) is 4.70. The van der Waals surface area contributed by atoms with Crippen LogP contribution in [0, 0.1) is 6.92 Å². The molecule has 2 aromatic rings. The predicted molar refractivity (Wildman–Crippen MR) is 110 cm³/mol. The minimum atomic E-state index is -0.505. The molecule has 0 radical (unpaired) electrons. The molecule has 3 heterocycles. The summed E-state index contributed by atoms with van der Waals surface area (Å²) < 4.78 is 5.27. The number of carbonyl (C=O) groups excluding carboxylic acids is 1. The van der Waals surface area contributed by atoms with Crippen LogP contribution in [0.2, 0.25) is 0 Å². The zero-order valence-corrected chi connectivity index (χ0v) is 17.1. The maximum absolute atomic E-state index is 13.0. The largest absolute Gasteiger partial charge is 0.463 e. The molecule has 0 saturated carbocycles. The van der Waals surface area contributed by atoms with Crippen LogP contribution in [0.3, 0.4) is 0 Å². The summed E-state index contributed by atoms with van der Waals surface area (Å²) >= 11 is 2.91. The lowest BCUT2D eigenvalue weighted by Gasteiger charge is -2.28. The average molecular weight is 404 g/mol. The third kappa shape index (κ3) is 3.72. The summed E-state index contributed by atoms with van der Waals surface area (Å²) in [4.78, 5) is 34.0. The maximum atomic E-state index is 13.0. The summed E-state index contributed by atoms with van der Waals surface area (Å²) in [6.07, 6.45) is 1.75. The van der Waals surface area contributed by atoms with E-state index < -0.39 is 11.9 Å². The normalized spacial score (nSPS) is 15.9. The summed E-state index contributed by atoms with van der Waals surface area (Å²) in [5.41, 5.74) is 2.31. The van der Waals surface area contributed by atoms with Crippen LogP contribution in [0.4, 0.5) is 5.82 Å². The molecule has 142 valence electrons. The summed E-state index contributed by atoms with van der Waals surface area (Å²) in [5, 5.41) is 5.60. The maximum Gasteiger partial charge on any atom is 0.336 e. The highest BCUT2D eigenvalue weighted by Gasteiger charge is 2.37. The molecule has 0 fully saturated rings. The molecule has 6 nitrogen and oxygen atoms in total. The molecule has 0 aromatic carbocycles. The third-order valence-electron chi connectivity index (χ3n) is 4.22. The molecule has 1 aliphatic heterocycles. The number of nitrogens with zero attached hydrogens (tertiary/aromatic N) is 1. The molecular weight excluding hydrogens is 382 g/mol. The van der Waals surface area contributed by atoms with Crippen molar-refractivity contribution in [2.24, 2.45) is 0 Å². The van der Waals surface area contributed by atoms with Crippen molar-refractivity contribution in [1.82, 2.24) is 9.97 Å². The van der Waals surface area contributed by atoms with Crippen molar-refractivity contribution < 1.29 is 9.53 Å². The van der Waals surface area contributed by atoms with Crippen LogP contribution >= 0.6 is 23.1 Å². The van der Waals surface area contributed by atoms with E-state index in [0.29, 0.717) is 33.6 Å². The van der Waals surface area contributed by atoms with Crippen molar-refractivity contribution in [2.75, 3.05) is 17.7 Å². The number of esters is 1. The standard InChI is InChI=1S/C19H21N3O3S2/c1-5-8-27-19-21-16-14(17(23)22-19)13(15-10(3)7-9-26-15)12(11(4)20-16)18(24)25-6-2/h5,7,9,13H,1,6,8H2,2-4H3,(H2,20,21,22,23)/t13-/m1/s1. The zero-order chi connectivity index (χ0) is 19.6. The van der Waals surface area contributed by atoms with E-state index >= 15 is 0 Å². The van der Waals surface area contributed by atoms with Gasteiger partial charge in [-0.2, -0.15) is 0 Å². The number of hydrogen-bond acceptors (Lipinski definition) is 7. The Morgan fingerprint density at radius 3 is 2.89 bits per heavy atom. The summed E-state index contributed by atoms with van der Waals surface area (Å²) in [6.45, 7) is 9.50. The van der Waals surface area contributed by atoms with Gasteiger partial charge in [-0.05, 0) is 37.8 Å². The van der Waals surface area contributed by atoms with Crippen LogP contribution in [-0.2, 0) is 9.53 Å². The molecular formula is C19H21N3O3S2. The van der Waals surface area contributed by atoms with Crippen molar-refractivity contribution >= 4 is 34.9 Å². The Bertz CT molecular complexity index is 975. The van der Waals surface area contributed by atoms with E-state index in [9.17, 15) is 9.59 Å². The first kappa shape index (κ1) is 19.4. The van der Waals surface area contributed by atoms with Gasteiger partial charge in [0.15, 0.2) is 5.16 Å². The van der Waals surface area contributed by atoms with Gasteiger partial charge in [0.05, 0.1) is 23.7 Å². The van der Waals surface area contributed by atoms with Crippen LogP contribution in [-0.4, -0.2) is 28.3 Å². The Morgan fingerprint density at radius 1 is 1.48 bits per heavy atom. The molecule has 1 aliphatic rings. The van der Waals surface area contributed by atoms with E-state index in [1.807, 2.05) is 25.3 Å². The minimum Gasteiger partial charge on any atom is -0.463 e. The first-order valence-electron chi connectivity index (χ1n) is 8.54. The predicted octanol–water partition coefficient (Wildman–Crippen LogP) is 3.81. The molecule has 2 N–H and O–H groups in total. The van der Waals surface area contributed by atoms with Crippen LogP contribution in [0.5, 0.6) is 0 Å². The van der Waals surface area contributed by atoms with Gasteiger partial charge in [0, 0.05) is 16.3 Å². The number of aryl methyl sites for hydroxylation is 1. The van der Waals surface area contributed by atoms with Crippen molar-refractivity contribution in [1.29, 1.82) is 0 Å². The molecule has 8 heteroatoms. The first-order chi connectivity index (χ1) is 13.0. The summed E-state index contributed by atoms with van der Waals surface area (Å²) in [7, 11) is 0. The fraction of sp³-hybridized carbons (Fsp3) is 0.316. The number of nitrogens with one attached hydrogen (secondary N) is 2. The van der Waals surface area contributed by atoms with E-state index in [1.165, 1.54) is 23.1 Å². The molecule has 0 amide bonds. The fourth-order valence-electron chi connectivity index (χ4n) is 3.06. The van der Waals surface area contributed by atoms with E-state index in [1.54, 1.807) is 13.0 Å². The van der Waals surface area contributed by atoms with Gasteiger partial charge in [-0.25, -0.2) is 9.78 Å². The number of rotatable bonds is 6. The molecule has 3 rings (SSSR count). The number of allylic oxidation sites excluding steroid dienone is 1. The van der Waals surface area contributed by atoms with Crippen LogP contribution in [0.1, 0.15) is 35.8 Å². The molecule has 0 saturated heterocycles. The summed E-state index contributed by atoms with van der Waals surface area (Å²) in [5.74, 6) is 0.192. The smallest absolute Gasteiger partial charge is 0.336 e. The molecule has 1 atom stereocenters. The Hall–Kier alpha value is -2.32. The molecule has 27 heavy (non-hydrogen) atoms. The topological polar surface area (TPSA) is 84.1 Å². The minimum absolute atomic E-state index is 0.258. The molecule has 0 aliphatic carbocycles. The Morgan fingerprint density at radius 2 is 2.26 bits per heavy atom. The van der Waals surface area contributed by atoms with Gasteiger partial charge >= 0.3 is 5.97 Å². The quantitative estimate of drug-likeness (QED) is 0.330. The second-order valence-corrected chi connectivity index (χ2v) is 7.97. The highest BCUT2D eigenvalue weighted by atomic mass is 32.2. The second kappa shape index (κ2) is 8.14. The van der Waals surface area contributed by atoms with E-state index in [0.717, 1.165) is 10.4 Å². The number of thioether (sulfide) groups is 1. The van der Waals surface area contributed by atoms with Gasteiger partial charge in [0.1, 0.15) is 5.82 Å². The average Bonchev–Trinajstić information content (AvgIpc) is 3.04. The van der Waals surface area contributed by atoms with Crippen LogP contribution < -0.4 is 10.9 Å². The van der Waals surface area contributed by atoms with Gasteiger partial charge in [-0.3, -0.25) is 4.79 Å². The van der Waals surface area contributed by atoms with Crippen molar-refractivity contribution in [2.45, 2.75) is 31.8 Å². The number of fused-ring (bicyclic) bond motifs is 1. The SMILES string of the molecule is C=CCSc1nc2c(c(=O)[nH]1)[C@H](c1sccc1C)C(C(=O)OCC)=C(C)N2. The van der Waals surface area contributed by atoms with Gasteiger partial charge < -0.3 is 15.0 Å². The molecule has 0 unspecified atom stereocenters. The number of hydrogen-bond donors (Lipinski definition) is 2. The Balaban J connectivity index is 2.20. The van der Waals surface area contributed by atoms with Crippen LogP contribution in [0.25, 0.3) is 0 Å². The molecule has 0 bridgehead atoms. The number of anilines is 1. The Kier molecular flexibility index (Phi) is 5.86. The lowest BCUT2D eigenvalue weighted by molar-refractivity contribution is -0.138. The number of aromatic nitrogens is 2. The van der Waals surface area contributed by atoms with Gasteiger partial charge in [0.2, 0.25) is 0 Å². The monoisotopic (exact) mass is 403 g/mol. The van der Waals surface area contributed by atoms with E-state index in [4.69, 9.17) is 4.74 Å². The molecule has 2 aromatic heterocycles. The van der Waals surface area contributed by atoms with Gasteiger partial charge in [0.25, 0.3) is 5.56 Å². The number of thiophene rings is 1. The van der Waals surface area contributed by atoms with Gasteiger partial charge in [-0.15, -0.1) is 17.9 Å². The van der Waals surface area contributed by atoms with Gasteiger partial charge in [-0.1, -0.05) is 17.8 Å². The number of H-pyrrole nitrogens is 1. The van der Waals surface area contributed by atoms with E-state index in [-0.39, 0.29) is 12.2 Å². The highest BCUT2D eigenvalue weighted by molar-refractivity contribution is 7.99. The number of carbonyl (C=O) groups is 1. The van der Waals surface area contributed by atoms with Crippen molar-refractivity contribution in [3.05, 3.63) is 61.7 Å². The lowest BCUT2D eigenvalue weighted by Crippen LogP contribution is -2.31. The second-order valence-electron chi connectivity index (χ2n) is 6.02. The first-order valence-corrected chi connectivity index (χ1v) is 10.4. The van der Waals surface area contributed by atoms with Crippen molar-refractivity contribution in [3.63, 3.8) is 0 Å². The Labute approximate surface area is 165 Å². The zero-order valence-electron chi connectivity index (χ0n) is 15.4. The summed E-state index contributed by atoms with van der Waals surface area (Å²) in [6, 6.07) is 1.98. The van der Waals surface area contributed by atoms with E-state index in [2.05, 4.69) is 21.9 Å². The van der Waals surface area contributed by atoms with Crippen LogP contribution in [0.15, 0.2) is 45.3 Å².